The number of aromatic nitrogens is 2. The highest BCUT2D eigenvalue weighted by Crippen LogP contribution is 1.99. The first-order valence-corrected chi connectivity index (χ1v) is 3.24. The van der Waals surface area contributed by atoms with E-state index in [1.807, 2.05) is 6.92 Å². The van der Waals surface area contributed by atoms with Crippen LogP contribution in [0.15, 0.2) is 12.4 Å². The first-order valence-electron chi connectivity index (χ1n) is 3.24. The lowest BCUT2D eigenvalue weighted by molar-refractivity contribution is 0.304. The summed E-state index contributed by atoms with van der Waals surface area (Å²) >= 11 is 0. The van der Waals surface area contributed by atoms with Crippen molar-refractivity contribution >= 4 is 0 Å². The molecule has 1 rings (SSSR count). The second kappa shape index (κ2) is 3.82. The Morgan fingerprint density at radius 3 is 3.20 bits per heavy atom. The number of hydrogen-bond donors (Lipinski definition) is 0. The normalized spacial score (nSPS) is 9.30. The lowest BCUT2D eigenvalue weighted by Gasteiger charge is -1.99. The van der Waals surface area contributed by atoms with Crippen molar-refractivity contribution in [2.45, 2.75) is 13.3 Å². The molecule has 3 nitrogen and oxygen atoms in total. The Morgan fingerprint density at radius 2 is 2.60 bits per heavy atom. The van der Waals surface area contributed by atoms with Crippen LogP contribution in [0.4, 0.5) is 0 Å². The second-order valence-electron chi connectivity index (χ2n) is 1.83. The zero-order valence-corrected chi connectivity index (χ0v) is 5.87. The van der Waals surface area contributed by atoms with E-state index < -0.39 is 0 Å². The monoisotopic (exact) mass is 137 g/mol. The van der Waals surface area contributed by atoms with E-state index in [-0.39, 0.29) is 0 Å². The SMILES string of the molecule is CCCOc1cn[c]cn1. The third-order valence-electron chi connectivity index (χ3n) is 0.953. The Morgan fingerprint density at radius 1 is 1.70 bits per heavy atom. The largest absolute Gasteiger partial charge is 0.477 e. The fraction of sp³-hybridized carbons (Fsp3) is 0.429. The third kappa shape index (κ3) is 2.01. The van der Waals surface area contributed by atoms with E-state index in [1.165, 1.54) is 6.20 Å². The highest BCUT2D eigenvalue weighted by Gasteiger charge is 1.89. The fourth-order valence-corrected chi connectivity index (χ4v) is 0.533. The van der Waals surface area contributed by atoms with Crippen LogP contribution in [-0.2, 0) is 0 Å². The van der Waals surface area contributed by atoms with E-state index >= 15 is 0 Å². The van der Waals surface area contributed by atoms with E-state index in [9.17, 15) is 0 Å². The molecule has 0 aromatic carbocycles. The van der Waals surface area contributed by atoms with Gasteiger partial charge in [0, 0.05) is 0 Å². The summed E-state index contributed by atoms with van der Waals surface area (Å²) in [6.45, 7) is 2.74. The summed E-state index contributed by atoms with van der Waals surface area (Å²) in [7, 11) is 0. The Kier molecular flexibility index (Phi) is 2.67. The smallest absolute Gasteiger partial charge is 0.232 e. The summed E-state index contributed by atoms with van der Waals surface area (Å²) < 4.78 is 5.16. The van der Waals surface area contributed by atoms with Crippen molar-refractivity contribution in [2.75, 3.05) is 6.61 Å². The van der Waals surface area contributed by atoms with E-state index in [0.717, 1.165) is 6.42 Å². The van der Waals surface area contributed by atoms with Crippen molar-refractivity contribution in [2.24, 2.45) is 0 Å². The molecule has 0 unspecified atom stereocenters. The summed E-state index contributed by atoms with van der Waals surface area (Å²) in [6.07, 6.45) is 6.60. The zero-order valence-electron chi connectivity index (χ0n) is 5.87. The zero-order chi connectivity index (χ0) is 7.23. The molecule has 0 spiro atoms. The van der Waals surface area contributed by atoms with Crippen molar-refractivity contribution in [3.63, 3.8) is 0 Å². The van der Waals surface area contributed by atoms with Gasteiger partial charge in [-0.25, -0.2) is 9.97 Å². The molecular weight excluding hydrogens is 128 g/mol. The van der Waals surface area contributed by atoms with Crippen molar-refractivity contribution < 1.29 is 4.74 Å². The summed E-state index contributed by atoms with van der Waals surface area (Å²) in [5.74, 6) is 0.570. The van der Waals surface area contributed by atoms with Crippen LogP contribution in [0.5, 0.6) is 5.88 Å². The van der Waals surface area contributed by atoms with Crippen LogP contribution in [0, 0.1) is 6.20 Å². The standard InChI is InChI=1S/C7H9N2O/c1-2-5-10-7-6-8-3-4-9-7/h4,6H,2,5H2,1H3. The molecule has 0 amide bonds. The lowest BCUT2D eigenvalue weighted by Crippen LogP contribution is -1.96. The van der Waals surface area contributed by atoms with Gasteiger partial charge >= 0.3 is 0 Å². The molecular formula is C7H9N2O. The number of hydrogen-bond acceptors (Lipinski definition) is 3. The average molecular weight is 137 g/mol. The van der Waals surface area contributed by atoms with Gasteiger partial charge in [-0.15, -0.1) is 0 Å². The number of rotatable bonds is 3. The summed E-state index contributed by atoms with van der Waals surface area (Å²) in [5.41, 5.74) is 0. The topological polar surface area (TPSA) is 35.0 Å². The maximum Gasteiger partial charge on any atom is 0.232 e. The molecule has 0 N–H and O–H groups in total. The highest BCUT2D eigenvalue weighted by atomic mass is 16.5. The van der Waals surface area contributed by atoms with Gasteiger partial charge in [0.25, 0.3) is 0 Å². The van der Waals surface area contributed by atoms with Crippen molar-refractivity contribution in [3.8, 4) is 5.88 Å². The van der Waals surface area contributed by atoms with Crippen molar-refractivity contribution in [1.82, 2.24) is 9.97 Å². The van der Waals surface area contributed by atoms with Crippen LogP contribution in [0.25, 0.3) is 0 Å². The Bertz CT molecular complexity index is 176. The molecule has 1 heterocycles. The number of ether oxygens (including phenoxy) is 1. The van der Waals surface area contributed by atoms with Crippen LogP contribution in [-0.4, -0.2) is 16.6 Å². The van der Waals surface area contributed by atoms with Crippen LogP contribution in [0.2, 0.25) is 0 Å². The molecule has 0 bridgehead atoms. The lowest BCUT2D eigenvalue weighted by atomic mass is 10.5. The molecule has 0 aliphatic heterocycles. The highest BCUT2D eigenvalue weighted by molar-refractivity contribution is 5.00. The van der Waals surface area contributed by atoms with E-state index in [2.05, 4.69) is 16.2 Å². The maximum absolute atomic E-state index is 5.16. The Labute approximate surface area is 60.1 Å². The Balaban J connectivity index is 2.43. The average Bonchev–Trinajstić information content (AvgIpc) is 2.03. The minimum absolute atomic E-state index is 0.570. The summed E-state index contributed by atoms with van der Waals surface area (Å²) in [4.78, 5) is 7.60. The predicted molar refractivity (Wildman–Crippen MR) is 36.7 cm³/mol. The minimum atomic E-state index is 0.570. The minimum Gasteiger partial charge on any atom is -0.477 e. The molecule has 10 heavy (non-hydrogen) atoms. The van der Waals surface area contributed by atoms with Crippen molar-refractivity contribution in [3.05, 3.63) is 18.6 Å². The van der Waals surface area contributed by atoms with E-state index in [1.54, 1.807) is 6.20 Å². The van der Waals surface area contributed by atoms with Crippen LogP contribution in [0.1, 0.15) is 13.3 Å². The second-order valence-corrected chi connectivity index (χ2v) is 1.83. The van der Waals surface area contributed by atoms with E-state index in [4.69, 9.17) is 4.74 Å². The van der Waals surface area contributed by atoms with Crippen LogP contribution in [0.3, 0.4) is 0 Å². The van der Waals surface area contributed by atoms with Gasteiger partial charge < -0.3 is 4.74 Å². The van der Waals surface area contributed by atoms with Gasteiger partial charge in [0.1, 0.15) is 6.20 Å². The molecule has 0 saturated heterocycles. The Hall–Kier alpha value is -1.12. The molecule has 1 radical (unpaired) electrons. The van der Waals surface area contributed by atoms with Gasteiger partial charge in [0.15, 0.2) is 0 Å². The molecule has 0 aliphatic carbocycles. The molecule has 1 aromatic heterocycles. The third-order valence-corrected chi connectivity index (χ3v) is 0.953. The van der Waals surface area contributed by atoms with Gasteiger partial charge in [-0.2, -0.15) is 0 Å². The predicted octanol–water partition coefficient (Wildman–Crippen LogP) is 1.07. The van der Waals surface area contributed by atoms with Gasteiger partial charge in [0.2, 0.25) is 5.88 Å². The summed E-state index contributed by atoms with van der Waals surface area (Å²) in [5, 5.41) is 0. The van der Waals surface area contributed by atoms with Crippen LogP contribution < -0.4 is 4.74 Å². The quantitative estimate of drug-likeness (QED) is 0.625. The first kappa shape index (κ1) is 6.99. The molecule has 1 aromatic rings. The maximum atomic E-state index is 5.16. The van der Waals surface area contributed by atoms with Gasteiger partial charge in [-0.3, -0.25) is 0 Å². The van der Waals surface area contributed by atoms with Gasteiger partial charge in [-0.1, -0.05) is 6.92 Å². The number of nitrogens with zero attached hydrogens (tertiary/aromatic N) is 2. The van der Waals surface area contributed by atoms with Gasteiger partial charge in [-0.05, 0) is 6.42 Å². The molecule has 0 fully saturated rings. The summed E-state index contributed by atoms with van der Waals surface area (Å²) in [6, 6.07) is 0. The molecule has 3 heteroatoms. The van der Waals surface area contributed by atoms with E-state index in [0.29, 0.717) is 12.5 Å². The van der Waals surface area contributed by atoms with Crippen molar-refractivity contribution in [1.29, 1.82) is 0 Å². The first-order chi connectivity index (χ1) is 4.93. The molecule has 0 aliphatic rings. The fourth-order valence-electron chi connectivity index (χ4n) is 0.533. The molecule has 0 atom stereocenters. The van der Waals surface area contributed by atoms with Gasteiger partial charge in [0.05, 0.1) is 19.0 Å². The van der Waals surface area contributed by atoms with Crippen LogP contribution >= 0.6 is 0 Å². The molecule has 53 valence electrons. The molecule has 0 saturated carbocycles.